The van der Waals surface area contributed by atoms with Crippen LogP contribution in [0.25, 0.3) is 21.7 Å². The van der Waals surface area contributed by atoms with Gasteiger partial charge >= 0.3 is 0 Å². The molecule has 4 aromatic rings. The number of pyridine rings is 1. The van der Waals surface area contributed by atoms with Crippen LogP contribution in [0.15, 0.2) is 79.0 Å². The third-order valence-electron chi connectivity index (χ3n) is 4.27. The zero-order valence-electron chi connectivity index (χ0n) is 12.9. The highest BCUT2D eigenvalue weighted by Gasteiger charge is 2.16. The van der Waals surface area contributed by atoms with Crippen LogP contribution >= 0.6 is 0 Å². The van der Waals surface area contributed by atoms with Crippen molar-refractivity contribution in [3.8, 4) is 0 Å². The molecular weight excluding hydrogens is 301 g/mol. The lowest BCUT2D eigenvalue weighted by Crippen LogP contribution is -2.38. The molecule has 116 valence electrons. The van der Waals surface area contributed by atoms with Crippen LogP contribution in [-0.4, -0.2) is 5.78 Å². The molecule has 2 nitrogen and oxygen atoms in total. The van der Waals surface area contributed by atoms with Gasteiger partial charge in [0, 0.05) is 17.7 Å². The van der Waals surface area contributed by atoms with Crippen molar-refractivity contribution < 1.29 is 13.8 Å². The molecule has 1 aromatic heterocycles. The lowest BCUT2D eigenvalue weighted by Gasteiger charge is -2.04. The van der Waals surface area contributed by atoms with Gasteiger partial charge in [0.15, 0.2) is 6.20 Å². The predicted molar refractivity (Wildman–Crippen MR) is 92.4 cm³/mol. The fraction of sp³-hybridized carbons (Fsp3) is 0.0476. The number of fused-ring (bicyclic) bond motifs is 3. The molecule has 1 heterocycles. The first-order valence-corrected chi connectivity index (χ1v) is 7.81. The molecule has 0 radical (unpaired) electrons. The average Bonchev–Trinajstić information content (AvgIpc) is 2.62. The van der Waals surface area contributed by atoms with Gasteiger partial charge in [0.1, 0.15) is 5.82 Å². The van der Waals surface area contributed by atoms with Gasteiger partial charge in [-0.25, -0.2) is 4.39 Å². The number of benzene rings is 3. The number of nitrogens with zero attached hydrogens (tertiary/aromatic N) is 1. The molecule has 3 heteroatoms. The Morgan fingerprint density at radius 1 is 0.833 bits per heavy atom. The molecule has 0 fully saturated rings. The van der Waals surface area contributed by atoms with E-state index in [2.05, 4.69) is 24.3 Å². The van der Waals surface area contributed by atoms with E-state index < -0.39 is 0 Å². The zero-order chi connectivity index (χ0) is 16.5. The molecule has 4 rings (SSSR count). The summed E-state index contributed by atoms with van der Waals surface area (Å²) in [6.07, 6.45) is 1.90. The van der Waals surface area contributed by atoms with Crippen LogP contribution in [0, 0.1) is 5.82 Å². The molecule has 0 atom stereocenters. The molecule has 0 unspecified atom stereocenters. The molecule has 0 saturated carbocycles. The van der Waals surface area contributed by atoms with Crippen LogP contribution in [-0.2, 0) is 6.54 Å². The van der Waals surface area contributed by atoms with Crippen molar-refractivity contribution in [1.82, 2.24) is 0 Å². The molecule has 0 amide bonds. The maximum atomic E-state index is 13.0. The summed E-state index contributed by atoms with van der Waals surface area (Å²) in [7, 11) is 0. The van der Waals surface area contributed by atoms with E-state index in [4.69, 9.17) is 0 Å². The first-order valence-electron chi connectivity index (χ1n) is 7.81. The summed E-state index contributed by atoms with van der Waals surface area (Å²) in [5.74, 6) is -0.378. The summed E-state index contributed by atoms with van der Waals surface area (Å²) in [5, 5.41) is 3.45. The number of ketones is 1. The Morgan fingerprint density at radius 2 is 1.58 bits per heavy atom. The molecular formula is C21H15FNO+. The van der Waals surface area contributed by atoms with Crippen molar-refractivity contribution >= 4 is 27.5 Å². The quantitative estimate of drug-likeness (QED) is 0.313. The molecule has 0 aliphatic carbocycles. The number of carbonyl (C=O) groups is 1. The van der Waals surface area contributed by atoms with Gasteiger partial charge in [0.25, 0.3) is 0 Å². The molecule has 0 bridgehead atoms. The van der Waals surface area contributed by atoms with E-state index in [1.165, 1.54) is 35.0 Å². The van der Waals surface area contributed by atoms with Crippen LogP contribution < -0.4 is 4.57 Å². The van der Waals surface area contributed by atoms with Crippen molar-refractivity contribution in [1.29, 1.82) is 0 Å². The van der Waals surface area contributed by atoms with Crippen molar-refractivity contribution in [3.63, 3.8) is 0 Å². The van der Waals surface area contributed by atoms with E-state index in [1.807, 2.05) is 35.0 Å². The number of halogens is 1. The number of aromatic nitrogens is 1. The first-order chi connectivity index (χ1) is 11.7. The van der Waals surface area contributed by atoms with Gasteiger partial charge in [-0.15, -0.1) is 0 Å². The van der Waals surface area contributed by atoms with Crippen LogP contribution in [0.4, 0.5) is 4.39 Å². The van der Waals surface area contributed by atoms with Crippen LogP contribution in [0.2, 0.25) is 0 Å². The largest absolute Gasteiger partial charge is 0.287 e. The first kappa shape index (κ1) is 14.5. The Bertz CT molecular complexity index is 1050. The number of rotatable bonds is 3. The highest BCUT2D eigenvalue weighted by molar-refractivity contribution is 6.05. The van der Waals surface area contributed by atoms with Gasteiger partial charge in [-0.2, -0.15) is 4.57 Å². The van der Waals surface area contributed by atoms with Gasteiger partial charge in [-0.1, -0.05) is 24.3 Å². The SMILES string of the molecule is O=C(C[n+]1cccc2c3ccccc3ccc21)c1ccc(F)cc1. The Morgan fingerprint density at radius 3 is 2.42 bits per heavy atom. The van der Waals surface area contributed by atoms with Gasteiger partial charge < -0.3 is 0 Å². The predicted octanol–water partition coefficient (Wildman–Crippen LogP) is 4.30. The van der Waals surface area contributed by atoms with Crippen LogP contribution in [0.5, 0.6) is 0 Å². The maximum absolute atomic E-state index is 13.0. The van der Waals surface area contributed by atoms with E-state index in [9.17, 15) is 9.18 Å². The minimum atomic E-state index is -0.337. The van der Waals surface area contributed by atoms with E-state index in [1.54, 1.807) is 0 Å². The van der Waals surface area contributed by atoms with Crippen LogP contribution in [0.1, 0.15) is 10.4 Å². The Labute approximate surface area is 138 Å². The Balaban J connectivity index is 1.78. The zero-order valence-corrected chi connectivity index (χ0v) is 12.9. The van der Waals surface area contributed by atoms with Crippen LogP contribution in [0.3, 0.4) is 0 Å². The summed E-state index contributed by atoms with van der Waals surface area (Å²) in [5.41, 5.74) is 1.52. The van der Waals surface area contributed by atoms with E-state index >= 15 is 0 Å². The smallest absolute Gasteiger partial charge is 0.227 e. The van der Waals surface area contributed by atoms with E-state index in [0.29, 0.717) is 5.56 Å². The van der Waals surface area contributed by atoms with E-state index in [0.717, 1.165) is 10.9 Å². The highest BCUT2D eigenvalue weighted by atomic mass is 19.1. The average molecular weight is 316 g/mol. The molecule has 24 heavy (non-hydrogen) atoms. The molecule has 0 saturated heterocycles. The summed E-state index contributed by atoms with van der Waals surface area (Å²) < 4.78 is 15.0. The highest BCUT2D eigenvalue weighted by Crippen LogP contribution is 2.22. The number of Topliss-reactive ketones (excluding diaryl/α,β-unsaturated/α-hetero) is 1. The minimum absolute atomic E-state index is 0.0411. The topological polar surface area (TPSA) is 20.9 Å². The maximum Gasteiger partial charge on any atom is 0.227 e. The van der Waals surface area contributed by atoms with Gasteiger partial charge in [0.2, 0.25) is 17.8 Å². The lowest BCUT2D eigenvalue weighted by atomic mass is 10.0. The van der Waals surface area contributed by atoms with Gasteiger partial charge in [0.05, 0.1) is 5.39 Å². The minimum Gasteiger partial charge on any atom is -0.287 e. The van der Waals surface area contributed by atoms with Crippen molar-refractivity contribution in [2.75, 3.05) is 0 Å². The van der Waals surface area contributed by atoms with Crippen molar-refractivity contribution in [3.05, 3.63) is 90.4 Å². The fourth-order valence-electron chi connectivity index (χ4n) is 3.05. The normalized spacial score (nSPS) is 11.0. The lowest BCUT2D eigenvalue weighted by molar-refractivity contribution is -0.657. The molecule has 0 aliphatic heterocycles. The third kappa shape index (κ3) is 2.54. The van der Waals surface area contributed by atoms with Crippen molar-refractivity contribution in [2.45, 2.75) is 6.54 Å². The Kier molecular flexibility index (Phi) is 3.54. The van der Waals surface area contributed by atoms with Gasteiger partial charge in [-0.05, 0) is 47.2 Å². The van der Waals surface area contributed by atoms with Gasteiger partial charge in [-0.3, -0.25) is 4.79 Å². The fourth-order valence-corrected chi connectivity index (χ4v) is 3.05. The second-order valence-electron chi connectivity index (χ2n) is 5.79. The summed E-state index contributed by atoms with van der Waals surface area (Å²) in [6.45, 7) is 0.224. The second-order valence-corrected chi connectivity index (χ2v) is 5.79. The molecule has 0 N–H and O–H groups in total. The van der Waals surface area contributed by atoms with Crippen molar-refractivity contribution in [2.24, 2.45) is 0 Å². The molecule has 3 aromatic carbocycles. The molecule has 0 aliphatic rings. The van der Waals surface area contributed by atoms with E-state index in [-0.39, 0.29) is 18.1 Å². The number of carbonyl (C=O) groups excluding carboxylic acids is 1. The second kappa shape index (κ2) is 5.85. The monoisotopic (exact) mass is 316 g/mol. The summed E-state index contributed by atoms with van der Waals surface area (Å²) in [6, 6.07) is 22.0. The number of hydrogen-bond donors (Lipinski definition) is 0. The Hall–Kier alpha value is -3.07. The summed E-state index contributed by atoms with van der Waals surface area (Å²) in [4.78, 5) is 12.5. The number of hydrogen-bond acceptors (Lipinski definition) is 1. The third-order valence-corrected chi connectivity index (χ3v) is 4.27. The summed E-state index contributed by atoms with van der Waals surface area (Å²) >= 11 is 0. The molecule has 0 spiro atoms. The standard InChI is InChI=1S/C21H15FNO/c22-17-10-7-16(8-11-17)21(24)14-23-13-3-6-19-18-5-2-1-4-15(18)9-12-20(19)23/h1-13H,14H2/q+1.